The predicted octanol–water partition coefficient (Wildman–Crippen LogP) is 5.78. The molecule has 2 aromatic rings. The van der Waals surface area contributed by atoms with Gasteiger partial charge in [-0.25, -0.2) is 0 Å². The topological polar surface area (TPSA) is 38.3 Å². The van der Waals surface area contributed by atoms with Crippen molar-refractivity contribution in [3.63, 3.8) is 0 Å². The lowest BCUT2D eigenvalue weighted by Gasteiger charge is -2.41. The molecule has 0 saturated heterocycles. The second-order valence-corrected chi connectivity index (χ2v) is 7.92. The standard InChI is InChI=1S/C23H27NO2S/c1-4-15-27-21-14-10-8-12-18(21)22(25)24-19-16-23(5-2,6-3)26-20-13-9-7-11-17(19)20/h4,7-14,19H,1,5-6,15-16H2,2-3H3,(H,24,25). The van der Waals surface area contributed by atoms with Crippen LogP contribution in [0.1, 0.15) is 55.1 Å². The number of nitrogens with one attached hydrogen (secondary N) is 1. The van der Waals surface area contributed by atoms with Gasteiger partial charge in [-0.3, -0.25) is 4.79 Å². The zero-order valence-electron chi connectivity index (χ0n) is 16.0. The third-order valence-electron chi connectivity index (χ3n) is 5.28. The highest BCUT2D eigenvalue weighted by molar-refractivity contribution is 7.99. The fraction of sp³-hybridized carbons (Fsp3) is 0.348. The van der Waals surface area contributed by atoms with Crippen molar-refractivity contribution >= 4 is 17.7 Å². The Morgan fingerprint density at radius 3 is 2.67 bits per heavy atom. The first-order chi connectivity index (χ1) is 13.1. The van der Waals surface area contributed by atoms with Crippen LogP contribution in [0.25, 0.3) is 0 Å². The molecule has 27 heavy (non-hydrogen) atoms. The molecule has 1 heterocycles. The van der Waals surface area contributed by atoms with Crippen LogP contribution in [0.15, 0.2) is 66.1 Å². The van der Waals surface area contributed by atoms with E-state index in [1.807, 2.05) is 54.6 Å². The van der Waals surface area contributed by atoms with E-state index in [0.29, 0.717) is 5.56 Å². The summed E-state index contributed by atoms with van der Waals surface area (Å²) in [6.45, 7) is 8.07. The first-order valence-corrected chi connectivity index (χ1v) is 10.5. The molecule has 3 rings (SSSR count). The largest absolute Gasteiger partial charge is 0.487 e. The maximum atomic E-state index is 13.1. The summed E-state index contributed by atoms with van der Waals surface area (Å²) in [5.74, 6) is 1.62. The number of benzene rings is 2. The third-order valence-corrected chi connectivity index (χ3v) is 6.35. The summed E-state index contributed by atoms with van der Waals surface area (Å²) < 4.78 is 6.35. The molecule has 1 amide bonds. The van der Waals surface area contributed by atoms with Gasteiger partial charge >= 0.3 is 0 Å². The summed E-state index contributed by atoms with van der Waals surface area (Å²) in [5, 5.41) is 3.27. The molecule has 0 aromatic heterocycles. The second kappa shape index (κ2) is 8.66. The molecule has 1 aliphatic rings. The second-order valence-electron chi connectivity index (χ2n) is 6.86. The number of carbonyl (C=O) groups is 1. The summed E-state index contributed by atoms with van der Waals surface area (Å²) in [4.78, 5) is 14.1. The van der Waals surface area contributed by atoms with Crippen LogP contribution in [0, 0.1) is 0 Å². The van der Waals surface area contributed by atoms with Crippen molar-refractivity contribution in [1.82, 2.24) is 5.32 Å². The smallest absolute Gasteiger partial charge is 0.252 e. The third kappa shape index (κ3) is 4.22. The molecule has 0 aliphatic carbocycles. The van der Waals surface area contributed by atoms with E-state index in [-0.39, 0.29) is 17.6 Å². The lowest BCUT2D eigenvalue weighted by atomic mass is 9.83. The van der Waals surface area contributed by atoms with Crippen molar-refractivity contribution in [3.8, 4) is 5.75 Å². The molecule has 1 aliphatic heterocycles. The highest BCUT2D eigenvalue weighted by Crippen LogP contribution is 2.42. The molecule has 0 fully saturated rings. The van der Waals surface area contributed by atoms with Gasteiger partial charge < -0.3 is 10.1 Å². The van der Waals surface area contributed by atoms with Gasteiger partial charge in [-0.1, -0.05) is 50.3 Å². The van der Waals surface area contributed by atoms with Gasteiger partial charge in [-0.2, -0.15) is 0 Å². The summed E-state index contributed by atoms with van der Waals surface area (Å²) in [5.41, 5.74) is 1.54. The van der Waals surface area contributed by atoms with Gasteiger partial charge in [0.15, 0.2) is 0 Å². The molecule has 0 saturated carbocycles. The van der Waals surface area contributed by atoms with Crippen molar-refractivity contribution in [2.45, 2.75) is 49.6 Å². The fourth-order valence-electron chi connectivity index (χ4n) is 3.59. The molecule has 0 bridgehead atoms. The summed E-state index contributed by atoms with van der Waals surface area (Å²) in [6.07, 6.45) is 4.46. The average molecular weight is 382 g/mol. The van der Waals surface area contributed by atoms with Crippen molar-refractivity contribution < 1.29 is 9.53 Å². The number of para-hydroxylation sites is 1. The van der Waals surface area contributed by atoms with Gasteiger partial charge in [0.25, 0.3) is 5.91 Å². The van der Waals surface area contributed by atoms with Gasteiger partial charge in [0.2, 0.25) is 0 Å². The zero-order valence-corrected chi connectivity index (χ0v) is 16.9. The number of ether oxygens (including phenoxy) is 1. The van der Waals surface area contributed by atoms with Crippen molar-refractivity contribution in [3.05, 3.63) is 72.3 Å². The van der Waals surface area contributed by atoms with Gasteiger partial charge in [0.1, 0.15) is 11.4 Å². The number of thioether (sulfide) groups is 1. The van der Waals surface area contributed by atoms with E-state index >= 15 is 0 Å². The molecule has 0 spiro atoms. The van der Waals surface area contributed by atoms with Crippen molar-refractivity contribution in [2.24, 2.45) is 0 Å². The molecule has 2 aromatic carbocycles. The number of carbonyl (C=O) groups excluding carboxylic acids is 1. The van der Waals surface area contributed by atoms with Crippen LogP contribution in [-0.2, 0) is 0 Å². The Bertz CT molecular complexity index is 814. The van der Waals surface area contributed by atoms with E-state index in [0.717, 1.165) is 41.2 Å². The monoisotopic (exact) mass is 381 g/mol. The van der Waals surface area contributed by atoms with Gasteiger partial charge in [0, 0.05) is 22.6 Å². The highest BCUT2D eigenvalue weighted by Gasteiger charge is 2.39. The Morgan fingerprint density at radius 2 is 1.93 bits per heavy atom. The minimum Gasteiger partial charge on any atom is -0.487 e. The maximum absolute atomic E-state index is 13.1. The average Bonchev–Trinajstić information content (AvgIpc) is 2.72. The van der Waals surface area contributed by atoms with Crippen LogP contribution < -0.4 is 10.1 Å². The first kappa shape index (κ1) is 19.6. The van der Waals surface area contributed by atoms with Crippen molar-refractivity contribution in [2.75, 3.05) is 5.75 Å². The Labute approximate surface area is 166 Å². The number of fused-ring (bicyclic) bond motifs is 1. The van der Waals surface area contributed by atoms with Crippen LogP contribution in [0.4, 0.5) is 0 Å². The minimum absolute atomic E-state index is 0.0371. The van der Waals surface area contributed by atoms with Crippen molar-refractivity contribution in [1.29, 1.82) is 0 Å². The molecule has 4 heteroatoms. The summed E-state index contributed by atoms with van der Waals surface area (Å²) >= 11 is 1.63. The van der Waals surface area contributed by atoms with Crippen LogP contribution in [0.2, 0.25) is 0 Å². The molecule has 1 N–H and O–H groups in total. The number of hydrogen-bond donors (Lipinski definition) is 1. The van der Waals surface area contributed by atoms with E-state index in [4.69, 9.17) is 4.74 Å². The van der Waals surface area contributed by atoms with Crippen LogP contribution in [0.3, 0.4) is 0 Å². The first-order valence-electron chi connectivity index (χ1n) is 9.54. The molecule has 3 nitrogen and oxygen atoms in total. The molecule has 142 valence electrons. The minimum atomic E-state index is -0.233. The lowest BCUT2D eigenvalue weighted by Crippen LogP contribution is -2.44. The van der Waals surface area contributed by atoms with Gasteiger partial charge in [-0.05, 0) is 31.0 Å². The number of hydrogen-bond acceptors (Lipinski definition) is 3. The lowest BCUT2D eigenvalue weighted by molar-refractivity contribution is 0.0227. The van der Waals surface area contributed by atoms with E-state index in [2.05, 4.69) is 25.7 Å². The van der Waals surface area contributed by atoms with Gasteiger partial charge in [-0.15, -0.1) is 18.3 Å². The normalized spacial score (nSPS) is 17.5. The number of amides is 1. The predicted molar refractivity (Wildman–Crippen MR) is 113 cm³/mol. The van der Waals surface area contributed by atoms with E-state index in [1.54, 1.807) is 11.8 Å². The molecule has 1 unspecified atom stereocenters. The highest BCUT2D eigenvalue weighted by atomic mass is 32.2. The molecular formula is C23H27NO2S. The van der Waals surface area contributed by atoms with Gasteiger partial charge in [0.05, 0.1) is 11.6 Å². The SMILES string of the molecule is C=CCSc1ccccc1C(=O)NC1CC(CC)(CC)Oc2ccccc21. The zero-order chi connectivity index (χ0) is 19.3. The molecule has 1 atom stereocenters. The molecule has 0 radical (unpaired) electrons. The van der Waals surface area contributed by atoms with Crippen LogP contribution in [-0.4, -0.2) is 17.3 Å². The summed E-state index contributed by atoms with van der Waals surface area (Å²) in [6, 6.07) is 15.7. The Balaban J connectivity index is 1.88. The maximum Gasteiger partial charge on any atom is 0.252 e. The van der Waals surface area contributed by atoms with Crippen LogP contribution >= 0.6 is 11.8 Å². The quantitative estimate of drug-likeness (QED) is 0.488. The Kier molecular flexibility index (Phi) is 6.27. The van der Waals surface area contributed by atoms with E-state index in [1.165, 1.54) is 0 Å². The van der Waals surface area contributed by atoms with Crippen LogP contribution in [0.5, 0.6) is 5.75 Å². The number of rotatable bonds is 7. The van der Waals surface area contributed by atoms with E-state index < -0.39 is 0 Å². The molecular weight excluding hydrogens is 354 g/mol. The Morgan fingerprint density at radius 1 is 1.22 bits per heavy atom. The Hall–Kier alpha value is -2.20. The fourth-order valence-corrected chi connectivity index (χ4v) is 4.38. The summed E-state index contributed by atoms with van der Waals surface area (Å²) in [7, 11) is 0. The van der Waals surface area contributed by atoms with E-state index in [9.17, 15) is 4.79 Å².